The van der Waals surface area contributed by atoms with Gasteiger partial charge in [0.25, 0.3) is 0 Å². The van der Waals surface area contributed by atoms with Crippen molar-refractivity contribution < 1.29 is 19.5 Å². The first-order valence-electron chi connectivity index (χ1n) is 8.71. The summed E-state index contributed by atoms with van der Waals surface area (Å²) in [5.74, 6) is -0.905. The number of carboxylic acids is 1. The van der Waals surface area contributed by atoms with Gasteiger partial charge in [-0.1, -0.05) is 24.3 Å². The summed E-state index contributed by atoms with van der Waals surface area (Å²) in [5, 5.41) is 10.6. The number of benzene rings is 2. The Morgan fingerprint density at radius 3 is 2.12 bits per heavy atom. The number of carbonyl (C=O) groups excluding carboxylic acids is 2. The molecule has 3 fully saturated rings. The highest BCUT2D eigenvalue weighted by atomic mass is 16.4. The lowest BCUT2D eigenvalue weighted by atomic mass is 9.81. The summed E-state index contributed by atoms with van der Waals surface area (Å²) in [5.41, 5.74) is 0.697. The fraction of sp³-hybridized carbons (Fsp3) is 0.350. The van der Waals surface area contributed by atoms with Gasteiger partial charge in [-0.15, -0.1) is 0 Å². The molecule has 0 aromatic heterocycles. The molecule has 2 aromatic carbocycles. The van der Waals surface area contributed by atoms with Gasteiger partial charge in [-0.25, -0.2) is 9.69 Å². The summed E-state index contributed by atoms with van der Waals surface area (Å²) in [6.07, 6.45) is 3.08. The van der Waals surface area contributed by atoms with Crippen molar-refractivity contribution in [3.63, 3.8) is 0 Å². The summed E-state index contributed by atoms with van der Waals surface area (Å²) >= 11 is 0. The minimum absolute atomic E-state index is 0.101. The van der Waals surface area contributed by atoms with Crippen LogP contribution in [0.25, 0.3) is 10.8 Å². The molecule has 2 aromatic rings. The topological polar surface area (TPSA) is 74.7 Å². The van der Waals surface area contributed by atoms with Crippen LogP contribution in [0.5, 0.6) is 0 Å². The number of carbonyl (C=O) groups is 3. The molecule has 1 N–H and O–H groups in total. The van der Waals surface area contributed by atoms with E-state index in [0.717, 1.165) is 19.3 Å². The van der Waals surface area contributed by atoms with E-state index in [4.69, 9.17) is 0 Å². The first-order chi connectivity index (χ1) is 12.1. The van der Waals surface area contributed by atoms with E-state index in [1.165, 1.54) is 11.0 Å². The number of hydrogen-bond acceptors (Lipinski definition) is 3. The van der Waals surface area contributed by atoms with Crippen LogP contribution in [0.3, 0.4) is 0 Å². The second-order valence-corrected chi connectivity index (χ2v) is 7.38. The highest BCUT2D eigenvalue weighted by Crippen LogP contribution is 2.57. The summed E-state index contributed by atoms with van der Waals surface area (Å²) in [6.45, 7) is 0. The van der Waals surface area contributed by atoms with Crippen molar-refractivity contribution >= 4 is 34.2 Å². The number of amides is 2. The number of carboxylic acid groups (broad SMARTS) is 1. The van der Waals surface area contributed by atoms with Gasteiger partial charge in [-0.3, -0.25) is 9.59 Å². The standard InChI is InChI=1S/C20H17NO4/c22-18-16-10-5-6-11(9-10)17(16)19(23)21(18)15-8-7-14(20(24)25)12-3-1-2-4-13(12)15/h1-4,7-8,10-11,16-17H,5-6,9H2,(H,24,25)/t10-,11+,16-,17+. The van der Waals surface area contributed by atoms with Crippen LogP contribution in [0.2, 0.25) is 0 Å². The van der Waals surface area contributed by atoms with Crippen LogP contribution in [-0.4, -0.2) is 22.9 Å². The zero-order chi connectivity index (χ0) is 17.3. The molecule has 25 heavy (non-hydrogen) atoms. The first kappa shape index (κ1) is 14.6. The van der Waals surface area contributed by atoms with Crippen LogP contribution in [0.1, 0.15) is 29.6 Å². The minimum Gasteiger partial charge on any atom is -0.478 e. The molecular formula is C20H17NO4. The van der Waals surface area contributed by atoms with Gasteiger partial charge in [0, 0.05) is 5.39 Å². The molecule has 5 nitrogen and oxygen atoms in total. The van der Waals surface area contributed by atoms with E-state index in [1.54, 1.807) is 30.3 Å². The zero-order valence-electron chi connectivity index (χ0n) is 13.5. The molecule has 5 rings (SSSR count). The molecule has 2 bridgehead atoms. The molecule has 2 saturated carbocycles. The molecule has 0 spiro atoms. The Balaban J connectivity index is 1.67. The Bertz CT molecular complexity index is 922. The highest BCUT2D eigenvalue weighted by Gasteiger charge is 2.61. The number of anilines is 1. The maximum atomic E-state index is 13.0. The number of nitrogens with zero attached hydrogens (tertiary/aromatic N) is 1. The van der Waals surface area contributed by atoms with Crippen molar-refractivity contribution in [2.24, 2.45) is 23.7 Å². The average molecular weight is 335 g/mol. The largest absolute Gasteiger partial charge is 0.478 e. The quantitative estimate of drug-likeness (QED) is 0.856. The van der Waals surface area contributed by atoms with Crippen LogP contribution >= 0.6 is 0 Å². The summed E-state index contributed by atoms with van der Waals surface area (Å²) in [7, 11) is 0. The molecule has 1 aliphatic heterocycles. The lowest BCUT2D eigenvalue weighted by molar-refractivity contribution is -0.123. The molecule has 2 aliphatic carbocycles. The third-order valence-corrected chi connectivity index (χ3v) is 6.30. The molecule has 0 radical (unpaired) electrons. The smallest absolute Gasteiger partial charge is 0.336 e. The molecule has 126 valence electrons. The van der Waals surface area contributed by atoms with Gasteiger partial charge < -0.3 is 5.11 Å². The number of fused-ring (bicyclic) bond motifs is 6. The number of hydrogen-bond donors (Lipinski definition) is 1. The minimum atomic E-state index is -1.02. The van der Waals surface area contributed by atoms with Gasteiger partial charge in [0.15, 0.2) is 0 Å². The van der Waals surface area contributed by atoms with Crippen LogP contribution in [0.4, 0.5) is 5.69 Å². The van der Waals surface area contributed by atoms with Gasteiger partial charge >= 0.3 is 5.97 Å². The van der Waals surface area contributed by atoms with Crippen molar-refractivity contribution in [2.75, 3.05) is 4.90 Å². The Morgan fingerprint density at radius 2 is 1.52 bits per heavy atom. The van der Waals surface area contributed by atoms with Crippen molar-refractivity contribution in [1.82, 2.24) is 0 Å². The molecule has 1 saturated heterocycles. The number of aromatic carboxylic acids is 1. The Labute approximate surface area is 144 Å². The van der Waals surface area contributed by atoms with E-state index in [2.05, 4.69) is 0 Å². The van der Waals surface area contributed by atoms with Gasteiger partial charge in [0.05, 0.1) is 23.1 Å². The monoisotopic (exact) mass is 335 g/mol. The molecule has 0 unspecified atom stereocenters. The van der Waals surface area contributed by atoms with Gasteiger partial charge in [0.1, 0.15) is 0 Å². The normalized spacial score (nSPS) is 30.3. The maximum Gasteiger partial charge on any atom is 0.336 e. The second-order valence-electron chi connectivity index (χ2n) is 7.38. The van der Waals surface area contributed by atoms with E-state index in [1.807, 2.05) is 0 Å². The average Bonchev–Trinajstić information content (AvgIpc) is 3.28. The summed E-state index contributed by atoms with van der Waals surface area (Å²) in [6, 6.07) is 10.2. The Kier molecular flexibility index (Phi) is 2.87. The van der Waals surface area contributed by atoms with Crippen LogP contribution in [0.15, 0.2) is 36.4 Å². The van der Waals surface area contributed by atoms with E-state index in [9.17, 15) is 19.5 Å². The third-order valence-electron chi connectivity index (χ3n) is 6.30. The van der Waals surface area contributed by atoms with Crippen LogP contribution in [-0.2, 0) is 9.59 Å². The molecule has 3 aliphatic rings. The highest BCUT2D eigenvalue weighted by molar-refractivity contribution is 6.26. The van der Waals surface area contributed by atoms with E-state index >= 15 is 0 Å². The molecule has 1 heterocycles. The van der Waals surface area contributed by atoms with Crippen LogP contribution in [0, 0.1) is 23.7 Å². The Morgan fingerprint density at radius 1 is 0.920 bits per heavy atom. The van der Waals surface area contributed by atoms with Crippen molar-refractivity contribution in [3.05, 3.63) is 42.0 Å². The van der Waals surface area contributed by atoms with Crippen molar-refractivity contribution in [1.29, 1.82) is 0 Å². The van der Waals surface area contributed by atoms with Gasteiger partial charge in [0.2, 0.25) is 11.8 Å². The lowest BCUT2D eigenvalue weighted by Gasteiger charge is -2.20. The van der Waals surface area contributed by atoms with E-state index in [0.29, 0.717) is 28.3 Å². The fourth-order valence-corrected chi connectivity index (χ4v) is 5.31. The molecular weight excluding hydrogens is 318 g/mol. The molecule has 4 atom stereocenters. The number of rotatable bonds is 2. The van der Waals surface area contributed by atoms with Crippen molar-refractivity contribution in [3.8, 4) is 0 Å². The van der Waals surface area contributed by atoms with Crippen molar-refractivity contribution in [2.45, 2.75) is 19.3 Å². The number of imide groups is 1. The SMILES string of the molecule is O=C(O)c1ccc(N2C(=O)[C@@H]3[C@@H]4CC[C@@H](C4)[C@@H]3C2=O)c2ccccc12. The summed E-state index contributed by atoms with van der Waals surface area (Å²) in [4.78, 5) is 38.9. The fourth-order valence-electron chi connectivity index (χ4n) is 5.31. The van der Waals surface area contributed by atoms with Crippen LogP contribution < -0.4 is 4.90 Å². The van der Waals surface area contributed by atoms with Gasteiger partial charge in [-0.05, 0) is 48.6 Å². The molecule has 5 heteroatoms. The Hall–Kier alpha value is -2.69. The van der Waals surface area contributed by atoms with E-state index < -0.39 is 5.97 Å². The van der Waals surface area contributed by atoms with E-state index in [-0.39, 0.29) is 29.2 Å². The maximum absolute atomic E-state index is 13.0. The zero-order valence-corrected chi connectivity index (χ0v) is 13.5. The summed E-state index contributed by atoms with van der Waals surface area (Å²) < 4.78 is 0. The van der Waals surface area contributed by atoms with Gasteiger partial charge in [-0.2, -0.15) is 0 Å². The predicted molar refractivity (Wildman–Crippen MR) is 91.2 cm³/mol. The second kappa shape index (κ2) is 4.91. The molecule has 2 amide bonds. The predicted octanol–water partition coefficient (Wildman–Crippen LogP) is 3.07. The lowest BCUT2D eigenvalue weighted by Crippen LogP contribution is -2.33. The first-order valence-corrected chi connectivity index (χ1v) is 8.71. The third kappa shape index (κ3) is 1.81.